The molecular formula is C32H42N4O. The highest BCUT2D eigenvalue weighted by molar-refractivity contribution is 5.53. The molecule has 6 aliphatic rings. The number of phenolic OH excluding ortho intramolecular Hbond substituents is 1. The van der Waals surface area contributed by atoms with E-state index >= 15 is 0 Å². The van der Waals surface area contributed by atoms with E-state index in [1.807, 2.05) is 6.07 Å². The number of anilines is 1. The van der Waals surface area contributed by atoms with Gasteiger partial charge in [-0.05, 0) is 116 Å². The first kappa shape index (κ1) is 22.8. The van der Waals surface area contributed by atoms with Crippen LogP contribution >= 0.6 is 0 Å². The lowest BCUT2D eigenvalue weighted by atomic mass is 9.43. The Balaban J connectivity index is 1.16. The molecule has 0 amide bonds. The second kappa shape index (κ2) is 8.18. The molecule has 1 aromatic carbocycles. The summed E-state index contributed by atoms with van der Waals surface area (Å²) in [5, 5.41) is 10.7. The first-order chi connectivity index (χ1) is 18.1. The summed E-state index contributed by atoms with van der Waals surface area (Å²) in [5.41, 5.74) is 4.89. The molecule has 5 heteroatoms. The van der Waals surface area contributed by atoms with Crippen molar-refractivity contribution >= 4 is 5.95 Å². The van der Waals surface area contributed by atoms with Crippen molar-refractivity contribution in [2.75, 3.05) is 24.5 Å². The van der Waals surface area contributed by atoms with Crippen molar-refractivity contribution in [3.05, 3.63) is 47.3 Å². The van der Waals surface area contributed by atoms with Crippen molar-refractivity contribution in [2.45, 2.75) is 95.1 Å². The predicted molar refractivity (Wildman–Crippen MR) is 146 cm³/mol. The summed E-state index contributed by atoms with van der Waals surface area (Å²) in [6, 6.07) is 7.59. The van der Waals surface area contributed by atoms with E-state index in [1.54, 1.807) is 0 Å². The van der Waals surface area contributed by atoms with Gasteiger partial charge in [0.05, 0.1) is 0 Å². The van der Waals surface area contributed by atoms with Gasteiger partial charge in [0.2, 0.25) is 5.95 Å². The van der Waals surface area contributed by atoms with Crippen LogP contribution in [0.4, 0.5) is 5.95 Å². The van der Waals surface area contributed by atoms with Crippen molar-refractivity contribution in [1.29, 1.82) is 0 Å². The zero-order valence-electron chi connectivity index (χ0n) is 22.4. The molecule has 8 rings (SSSR count). The van der Waals surface area contributed by atoms with Crippen molar-refractivity contribution < 1.29 is 5.11 Å². The minimum absolute atomic E-state index is 0.201. The fourth-order valence-electron chi connectivity index (χ4n) is 10.4. The number of unbranched alkanes of at least 4 members (excludes halogenated alkanes) is 2. The summed E-state index contributed by atoms with van der Waals surface area (Å²) in [6.45, 7) is 5.92. The molecule has 2 aliphatic heterocycles. The summed E-state index contributed by atoms with van der Waals surface area (Å²) in [7, 11) is 0. The molecule has 1 N–H and O–H groups in total. The topological polar surface area (TPSA) is 52.5 Å². The Labute approximate surface area is 221 Å². The maximum Gasteiger partial charge on any atom is 0.225 e. The van der Waals surface area contributed by atoms with Crippen LogP contribution in [-0.2, 0) is 18.3 Å². The molecule has 1 aromatic heterocycles. The summed E-state index contributed by atoms with van der Waals surface area (Å²) in [6.07, 6.45) is 18.3. The Kier molecular flexibility index (Phi) is 5.04. The first-order valence-electron chi connectivity index (χ1n) is 15.3. The number of likely N-dealkylation sites (tertiary alicyclic amines) is 1. The molecule has 5 unspecified atom stereocenters. The Morgan fingerprint density at radius 1 is 1.08 bits per heavy atom. The smallest absolute Gasteiger partial charge is 0.225 e. The number of benzene rings is 1. The molecule has 5 fully saturated rings. The fourth-order valence-corrected chi connectivity index (χ4v) is 10.4. The van der Waals surface area contributed by atoms with Crippen molar-refractivity contribution in [1.82, 2.24) is 14.9 Å². The van der Waals surface area contributed by atoms with Gasteiger partial charge in [-0.2, -0.15) is 0 Å². The van der Waals surface area contributed by atoms with Crippen molar-refractivity contribution in [3.8, 4) is 5.75 Å². The van der Waals surface area contributed by atoms with E-state index in [4.69, 9.17) is 9.97 Å². The molecule has 2 saturated heterocycles. The molecule has 5 nitrogen and oxygen atoms in total. The maximum atomic E-state index is 10.7. The molecule has 6 atom stereocenters. The maximum absolute atomic E-state index is 10.7. The highest BCUT2D eigenvalue weighted by Gasteiger charge is 2.76. The van der Waals surface area contributed by atoms with E-state index in [0.29, 0.717) is 35.1 Å². The molecule has 0 radical (unpaired) electrons. The average Bonchev–Trinajstić information content (AvgIpc) is 3.60. The third-order valence-corrected chi connectivity index (χ3v) is 11.8. The summed E-state index contributed by atoms with van der Waals surface area (Å²) in [5.74, 6) is 3.72. The van der Waals surface area contributed by atoms with Gasteiger partial charge < -0.3 is 10.0 Å². The van der Waals surface area contributed by atoms with Gasteiger partial charge in [0.25, 0.3) is 0 Å². The van der Waals surface area contributed by atoms with Crippen molar-refractivity contribution in [3.63, 3.8) is 0 Å². The van der Waals surface area contributed by atoms with E-state index in [0.717, 1.165) is 24.8 Å². The molecule has 37 heavy (non-hydrogen) atoms. The van der Waals surface area contributed by atoms with Crippen LogP contribution < -0.4 is 4.90 Å². The Hall–Kier alpha value is -2.14. The van der Waals surface area contributed by atoms with E-state index < -0.39 is 0 Å². The van der Waals surface area contributed by atoms with Crippen LogP contribution in [0.5, 0.6) is 5.75 Å². The van der Waals surface area contributed by atoms with Crippen LogP contribution in [0.25, 0.3) is 0 Å². The van der Waals surface area contributed by atoms with Crippen LogP contribution in [0.2, 0.25) is 0 Å². The van der Waals surface area contributed by atoms with Gasteiger partial charge in [0.15, 0.2) is 0 Å². The number of nitrogens with zero attached hydrogens (tertiary/aromatic N) is 4. The molecule has 0 spiro atoms. The molecule has 2 aromatic rings. The zero-order valence-corrected chi connectivity index (χ0v) is 22.4. The van der Waals surface area contributed by atoms with Crippen LogP contribution in [0.15, 0.2) is 30.6 Å². The van der Waals surface area contributed by atoms with E-state index in [9.17, 15) is 5.11 Å². The second-order valence-corrected chi connectivity index (χ2v) is 13.5. The monoisotopic (exact) mass is 498 g/mol. The Morgan fingerprint density at radius 2 is 1.95 bits per heavy atom. The van der Waals surface area contributed by atoms with Crippen LogP contribution in [0.1, 0.15) is 81.4 Å². The normalized spacial score (nSPS) is 37.5. The SMILES string of the molecule is CCCCCc1cnc(N2C[C@H]3CC45CCC2C3C42CCN(CC3CC3)C5Cc3ccc(O)cc32)nc1. The van der Waals surface area contributed by atoms with Crippen LogP contribution in [0, 0.1) is 23.2 Å². The number of aromatic nitrogens is 2. The van der Waals surface area contributed by atoms with Gasteiger partial charge in [-0.25, -0.2) is 9.97 Å². The van der Waals surface area contributed by atoms with Gasteiger partial charge in [-0.1, -0.05) is 25.8 Å². The number of rotatable bonds is 7. The molecule has 3 saturated carbocycles. The summed E-state index contributed by atoms with van der Waals surface area (Å²) >= 11 is 0. The summed E-state index contributed by atoms with van der Waals surface area (Å²) in [4.78, 5) is 15.4. The Morgan fingerprint density at radius 3 is 2.76 bits per heavy atom. The van der Waals surface area contributed by atoms with E-state index in [2.05, 4.69) is 41.2 Å². The minimum atomic E-state index is 0.201. The lowest BCUT2D eigenvalue weighted by Gasteiger charge is -2.66. The number of hydrogen-bond acceptors (Lipinski definition) is 5. The second-order valence-electron chi connectivity index (χ2n) is 13.5. The zero-order chi connectivity index (χ0) is 24.8. The number of phenols is 1. The fraction of sp³-hybridized carbons (Fsp3) is 0.688. The average molecular weight is 499 g/mol. The third-order valence-electron chi connectivity index (χ3n) is 11.8. The standard InChI is InChI=1S/C32H42N4O/c1-2-3-4-5-22-17-33-30(34-18-22)36-20-24-16-31-11-10-27(36)29(24)32(31)12-13-35(19-21-6-7-21)28(31)14-23-8-9-25(37)15-26(23)32/h8-9,15,17-18,21,24,27-29,37H,2-7,10-14,16,19-20H2,1H3/t24-,27?,28?,29?,31?,32?/m1/s1. The highest BCUT2D eigenvalue weighted by atomic mass is 16.3. The van der Waals surface area contributed by atoms with Gasteiger partial charge in [0, 0.05) is 43.0 Å². The number of aryl methyl sites for hydroxylation is 1. The number of hydrogen-bond donors (Lipinski definition) is 1. The highest BCUT2D eigenvalue weighted by Crippen LogP contribution is 2.75. The quantitative estimate of drug-likeness (QED) is 0.511. The first-order valence-corrected chi connectivity index (χ1v) is 15.3. The van der Waals surface area contributed by atoms with Gasteiger partial charge >= 0.3 is 0 Å². The number of piperidine rings is 1. The van der Waals surface area contributed by atoms with Crippen LogP contribution in [-0.4, -0.2) is 51.7 Å². The van der Waals surface area contributed by atoms with Crippen LogP contribution in [0.3, 0.4) is 0 Å². The van der Waals surface area contributed by atoms with Gasteiger partial charge in [-0.3, -0.25) is 4.90 Å². The van der Waals surface area contributed by atoms with E-state index in [-0.39, 0.29) is 5.41 Å². The van der Waals surface area contributed by atoms with Gasteiger partial charge in [0.1, 0.15) is 5.75 Å². The minimum Gasteiger partial charge on any atom is -0.508 e. The van der Waals surface area contributed by atoms with Crippen molar-refractivity contribution in [2.24, 2.45) is 23.2 Å². The predicted octanol–water partition coefficient (Wildman–Crippen LogP) is 5.50. The largest absolute Gasteiger partial charge is 0.508 e. The Bertz CT molecular complexity index is 1190. The molecular weight excluding hydrogens is 456 g/mol. The third kappa shape index (κ3) is 3.13. The lowest BCUT2D eigenvalue weighted by molar-refractivity contribution is -0.0921. The molecule has 3 heterocycles. The van der Waals surface area contributed by atoms with Gasteiger partial charge in [-0.15, -0.1) is 0 Å². The van der Waals surface area contributed by atoms with E-state index in [1.165, 1.54) is 94.0 Å². The lowest BCUT2D eigenvalue weighted by Crippen LogP contribution is -2.69. The summed E-state index contributed by atoms with van der Waals surface area (Å²) < 4.78 is 0. The molecule has 196 valence electrons. The number of aromatic hydroxyl groups is 1. The number of fused-ring (bicyclic) bond motifs is 1. The molecule has 4 bridgehead atoms. The molecule has 4 aliphatic carbocycles.